The van der Waals surface area contributed by atoms with Crippen molar-refractivity contribution in [2.45, 2.75) is 77.3 Å². The number of hydrogen-bond acceptors (Lipinski definition) is 4. The third kappa shape index (κ3) is 5.12. The van der Waals surface area contributed by atoms with Crippen molar-refractivity contribution in [3.63, 3.8) is 0 Å². The van der Waals surface area contributed by atoms with Gasteiger partial charge in [0.05, 0.1) is 12.0 Å². The molecule has 0 aromatic heterocycles. The fourth-order valence-electron chi connectivity index (χ4n) is 5.94. The number of halogens is 1. The van der Waals surface area contributed by atoms with E-state index in [0.717, 1.165) is 81.0 Å². The van der Waals surface area contributed by atoms with Crippen LogP contribution in [-0.4, -0.2) is 54.3 Å². The van der Waals surface area contributed by atoms with Gasteiger partial charge in [0.15, 0.2) is 0 Å². The van der Waals surface area contributed by atoms with E-state index in [2.05, 4.69) is 29.4 Å². The minimum Gasteiger partial charge on any atom is -0.356 e. The number of aliphatic imine (C=N–C) groups is 1. The van der Waals surface area contributed by atoms with Crippen LogP contribution in [-0.2, 0) is 9.59 Å². The van der Waals surface area contributed by atoms with E-state index in [1.165, 1.54) is 0 Å². The summed E-state index contributed by atoms with van der Waals surface area (Å²) < 4.78 is 0. The number of amidine groups is 1. The molecule has 3 heterocycles. The lowest BCUT2D eigenvalue weighted by molar-refractivity contribution is -0.128. The highest BCUT2D eigenvalue weighted by Gasteiger charge is 2.45. The van der Waals surface area contributed by atoms with Crippen LogP contribution in [0.4, 0.5) is 0 Å². The lowest BCUT2D eigenvalue weighted by Crippen LogP contribution is -2.61. The number of fused-ring (bicyclic) bond motifs is 1. The SMILES string of the molecule is CCCC[C@@H]1CN(C(CC)C2CCC(=O)NC2)CC2C(=O)NC(C3=CC=C(Cl)CC3)=NC21. The Balaban J connectivity index is 1.56. The fourth-order valence-corrected chi connectivity index (χ4v) is 6.10. The average molecular weight is 461 g/mol. The molecule has 176 valence electrons. The summed E-state index contributed by atoms with van der Waals surface area (Å²) in [5.74, 6) is 1.76. The van der Waals surface area contributed by atoms with Gasteiger partial charge in [0.1, 0.15) is 5.84 Å². The Morgan fingerprint density at radius 1 is 1.19 bits per heavy atom. The lowest BCUT2D eigenvalue weighted by Gasteiger charge is -2.48. The number of nitrogens with zero attached hydrogens (tertiary/aromatic N) is 2. The van der Waals surface area contributed by atoms with E-state index in [9.17, 15) is 9.59 Å². The number of hydrogen-bond donors (Lipinski definition) is 2. The molecule has 4 aliphatic rings. The first-order valence-corrected chi connectivity index (χ1v) is 12.8. The van der Waals surface area contributed by atoms with Gasteiger partial charge in [-0.3, -0.25) is 19.5 Å². The van der Waals surface area contributed by atoms with Crippen molar-refractivity contribution in [1.82, 2.24) is 15.5 Å². The lowest BCUT2D eigenvalue weighted by atomic mass is 9.77. The quantitative estimate of drug-likeness (QED) is 0.607. The predicted molar refractivity (Wildman–Crippen MR) is 129 cm³/mol. The summed E-state index contributed by atoms with van der Waals surface area (Å²) in [7, 11) is 0. The Morgan fingerprint density at radius 2 is 2.03 bits per heavy atom. The van der Waals surface area contributed by atoms with Gasteiger partial charge in [-0.25, -0.2) is 0 Å². The van der Waals surface area contributed by atoms with Crippen LogP contribution in [0.1, 0.15) is 65.2 Å². The van der Waals surface area contributed by atoms with Gasteiger partial charge in [-0.2, -0.15) is 0 Å². The zero-order valence-electron chi connectivity index (χ0n) is 19.4. The van der Waals surface area contributed by atoms with Gasteiger partial charge in [0.2, 0.25) is 11.8 Å². The molecule has 0 saturated carbocycles. The van der Waals surface area contributed by atoms with Crippen molar-refractivity contribution < 1.29 is 9.59 Å². The minimum absolute atomic E-state index is 0.0485. The van der Waals surface area contributed by atoms with Crippen LogP contribution in [0.25, 0.3) is 0 Å². The number of carbonyl (C=O) groups excluding carboxylic acids is 2. The third-order valence-electron chi connectivity index (χ3n) is 7.72. The van der Waals surface area contributed by atoms with E-state index in [1.807, 2.05) is 12.2 Å². The normalized spacial score (nSPS) is 32.2. The number of unbranched alkanes of at least 4 members (excludes halogenated alkanes) is 1. The van der Waals surface area contributed by atoms with Crippen molar-refractivity contribution in [1.29, 1.82) is 0 Å². The zero-order valence-corrected chi connectivity index (χ0v) is 20.2. The Bertz CT molecular complexity index is 811. The minimum atomic E-state index is -0.107. The zero-order chi connectivity index (χ0) is 22.7. The van der Waals surface area contributed by atoms with E-state index >= 15 is 0 Å². The highest BCUT2D eigenvalue weighted by Crippen LogP contribution is 2.36. The second kappa shape index (κ2) is 10.5. The maximum absolute atomic E-state index is 13.3. The first-order chi connectivity index (χ1) is 15.5. The monoisotopic (exact) mass is 460 g/mol. The highest BCUT2D eigenvalue weighted by molar-refractivity contribution is 6.30. The summed E-state index contributed by atoms with van der Waals surface area (Å²) in [5, 5.41) is 7.04. The summed E-state index contributed by atoms with van der Waals surface area (Å²) in [6.45, 7) is 6.95. The first kappa shape index (κ1) is 23.5. The third-order valence-corrected chi connectivity index (χ3v) is 8.03. The molecule has 0 spiro atoms. The van der Waals surface area contributed by atoms with Crippen molar-refractivity contribution in [3.8, 4) is 0 Å². The predicted octanol–water partition coefficient (Wildman–Crippen LogP) is 3.77. The average Bonchev–Trinajstić information content (AvgIpc) is 2.80. The molecule has 6 nitrogen and oxygen atoms in total. The largest absolute Gasteiger partial charge is 0.356 e. The molecule has 3 aliphatic heterocycles. The topological polar surface area (TPSA) is 73.8 Å². The van der Waals surface area contributed by atoms with Crippen molar-refractivity contribution >= 4 is 29.3 Å². The summed E-state index contributed by atoms with van der Waals surface area (Å²) in [6.07, 6.45) is 11.6. The standard InChI is InChI=1S/C25H37ClN4O2/c1-3-5-6-18-14-30(21(4-2)17-9-12-22(31)27-13-17)15-20-23(18)28-24(29-25(20)32)16-7-10-19(26)11-8-16/h7,10,17-18,20-21,23H,3-6,8-9,11-15H2,1-2H3,(H,27,31)(H,28,29,32)/t17?,18-,20?,21?,23?/m1/s1. The van der Waals surface area contributed by atoms with E-state index in [4.69, 9.17) is 16.6 Å². The maximum Gasteiger partial charge on any atom is 0.232 e. The number of allylic oxidation sites excluding steroid dienone is 3. The molecule has 0 radical (unpaired) electrons. The van der Waals surface area contributed by atoms with E-state index in [-0.39, 0.29) is 23.8 Å². The second-order valence-corrected chi connectivity index (χ2v) is 10.3. The molecule has 2 amide bonds. The Hall–Kier alpha value is -1.66. The number of rotatable bonds is 7. The molecule has 4 rings (SSSR count). The molecule has 5 atom stereocenters. The van der Waals surface area contributed by atoms with Gasteiger partial charge in [-0.1, -0.05) is 44.4 Å². The van der Waals surface area contributed by atoms with Gasteiger partial charge in [0, 0.05) is 37.1 Å². The molecule has 0 aromatic carbocycles. The maximum atomic E-state index is 13.3. The van der Waals surface area contributed by atoms with E-state index < -0.39 is 0 Å². The summed E-state index contributed by atoms with van der Waals surface area (Å²) in [6, 6.07) is 0.444. The van der Waals surface area contributed by atoms with Crippen molar-refractivity contribution in [3.05, 3.63) is 22.8 Å². The number of likely N-dealkylation sites (tertiary alicyclic amines) is 1. The van der Waals surface area contributed by atoms with Crippen LogP contribution in [0.5, 0.6) is 0 Å². The molecule has 7 heteroatoms. The molecular formula is C25H37ClN4O2. The molecule has 0 bridgehead atoms. The second-order valence-electron chi connectivity index (χ2n) is 9.80. The van der Waals surface area contributed by atoms with Crippen molar-refractivity contribution in [2.75, 3.05) is 19.6 Å². The summed E-state index contributed by atoms with van der Waals surface area (Å²) in [4.78, 5) is 32.7. The molecule has 2 N–H and O–H groups in total. The van der Waals surface area contributed by atoms with Crippen LogP contribution >= 0.6 is 11.6 Å². The smallest absolute Gasteiger partial charge is 0.232 e. The van der Waals surface area contributed by atoms with Crippen LogP contribution in [0.15, 0.2) is 27.7 Å². The van der Waals surface area contributed by atoms with Gasteiger partial charge in [-0.15, -0.1) is 0 Å². The molecule has 32 heavy (non-hydrogen) atoms. The van der Waals surface area contributed by atoms with Crippen LogP contribution in [0, 0.1) is 17.8 Å². The fraction of sp³-hybridized carbons (Fsp3) is 0.720. The molecule has 2 fully saturated rings. The van der Waals surface area contributed by atoms with Crippen LogP contribution in [0.3, 0.4) is 0 Å². The number of nitrogens with one attached hydrogen (secondary N) is 2. The molecule has 2 saturated heterocycles. The summed E-state index contributed by atoms with van der Waals surface area (Å²) >= 11 is 6.13. The Morgan fingerprint density at radius 3 is 2.69 bits per heavy atom. The molecular weight excluding hydrogens is 424 g/mol. The first-order valence-electron chi connectivity index (χ1n) is 12.4. The molecule has 0 aromatic rings. The number of amides is 2. The Kier molecular flexibility index (Phi) is 7.72. The van der Waals surface area contributed by atoms with Gasteiger partial charge >= 0.3 is 0 Å². The van der Waals surface area contributed by atoms with Gasteiger partial charge in [-0.05, 0) is 55.6 Å². The van der Waals surface area contributed by atoms with Crippen molar-refractivity contribution in [2.24, 2.45) is 22.7 Å². The molecule has 1 aliphatic carbocycles. The van der Waals surface area contributed by atoms with Gasteiger partial charge < -0.3 is 10.6 Å². The van der Waals surface area contributed by atoms with E-state index in [1.54, 1.807) is 0 Å². The van der Waals surface area contributed by atoms with Gasteiger partial charge in [0.25, 0.3) is 0 Å². The number of piperidine rings is 2. The summed E-state index contributed by atoms with van der Waals surface area (Å²) in [5.41, 5.74) is 1.09. The van der Waals surface area contributed by atoms with Crippen LogP contribution in [0.2, 0.25) is 0 Å². The van der Waals surface area contributed by atoms with Crippen LogP contribution < -0.4 is 10.6 Å². The molecule has 4 unspecified atom stereocenters. The highest BCUT2D eigenvalue weighted by atomic mass is 35.5. The Labute approximate surface area is 196 Å². The van der Waals surface area contributed by atoms with E-state index in [0.29, 0.717) is 24.3 Å². The number of carbonyl (C=O) groups is 2.